The van der Waals surface area contributed by atoms with Crippen LogP contribution in [0.4, 0.5) is 20.3 Å². The Kier molecular flexibility index (Phi) is 5.70. The topological polar surface area (TPSA) is 63.2 Å². The van der Waals surface area contributed by atoms with Crippen LogP contribution in [0.2, 0.25) is 5.02 Å². The molecule has 1 aliphatic carbocycles. The third kappa shape index (κ3) is 4.56. The number of amides is 1. The number of hydroxylamine groups is 1. The molecule has 1 fully saturated rings. The highest BCUT2D eigenvalue weighted by molar-refractivity contribution is 14.1. The maximum Gasteiger partial charge on any atom is 0.277 e. The van der Waals surface area contributed by atoms with Crippen LogP contribution in [-0.4, -0.2) is 17.5 Å². The number of nitrogens with zero attached hydrogens (tertiary/aromatic N) is 1. The average Bonchev–Trinajstić information content (AvgIpc) is 3.38. The monoisotopic (exact) mass is 479 g/mol. The lowest BCUT2D eigenvalue weighted by Gasteiger charge is -2.14. The molecule has 3 rings (SSSR count). The van der Waals surface area contributed by atoms with Gasteiger partial charge in [-0.15, -0.1) is 0 Å². The SMILES string of the molecule is O=C(NOCC1CC1)c1ccc(F)c(F)c1Nc1ncc(Cl)cc1I. The van der Waals surface area contributed by atoms with Crippen LogP contribution in [0.25, 0.3) is 0 Å². The van der Waals surface area contributed by atoms with Crippen LogP contribution in [-0.2, 0) is 4.84 Å². The van der Waals surface area contributed by atoms with Crippen molar-refractivity contribution in [2.75, 3.05) is 11.9 Å². The summed E-state index contributed by atoms with van der Waals surface area (Å²) >= 11 is 7.78. The molecule has 1 amide bonds. The highest BCUT2D eigenvalue weighted by Gasteiger charge is 2.23. The Morgan fingerprint density at radius 3 is 2.84 bits per heavy atom. The molecule has 0 radical (unpaired) electrons. The normalized spacial score (nSPS) is 13.6. The van der Waals surface area contributed by atoms with Gasteiger partial charge in [0, 0.05) is 6.20 Å². The summed E-state index contributed by atoms with van der Waals surface area (Å²) in [6, 6.07) is 3.67. The van der Waals surface area contributed by atoms with Crippen LogP contribution in [0.1, 0.15) is 23.2 Å². The molecule has 1 aliphatic rings. The Hall–Kier alpha value is -1.52. The van der Waals surface area contributed by atoms with Crippen LogP contribution >= 0.6 is 34.2 Å². The van der Waals surface area contributed by atoms with Crippen molar-refractivity contribution < 1.29 is 18.4 Å². The molecule has 1 aromatic heterocycles. The Balaban J connectivity index is 1.85. The maximum absolute atomic E-state index is 14.3. The predicted molar refractivity (Wildman–Crippen MR) is 97.7 cm³/mol. The smallest absolute Gasteiger partial charge is 0.277 e. The van der Waals surface area contributed by atoms with Gasteiger partial charge >= 0.3 is 0 Å². The van der Waals surface area contributed by atoms with E-state index in [1.807, 2.05) is 22.6 Å². The van der Waals surface area contributed by atoms with E-state index in [0.717, 1.165) is 18.9 Å². The first-order valence-corrected chi connectivity index (χ1v) is 8.89. The fraction of sp³-hybridized carbons (Fsp3) is 0.250. The van der Waals surface area contributed by atoms with E-state index < -0.39 is 17.5 Å². The molecule has 0 unspecified atom stereocenters. The number of aromatic nitrogens is 1. The largest absolute Gasteiger partial charge is 0.336 e. The van der Waals surface area contributed by atoms with Crippen LogP contribution in [0.5, 0.6) is 0 Å². The van der Waals surface area contributed by atoms with Crippen molar-refractivity contribution in [3.05, 3.63) is 50.2 Å². The minimum Gasteiger partial charge on any atom is -0.336 e. The average molecular weight is 480 g/mol. The Morgan fingerprint density at radius 2 is 2.16 bits per heavy atom. The van der Waals surface area contributed by atoms with Gasteiger partial charge in [0.2, 0.25) is 0 Å². The zero-order valence-electron chi connectivity index (χ0n) is 12.8. The lowest BCUT2D eigenvalue weighted by molar-refractivity contribution is 0.0270. The van der Waals surface area contributed by atoms with Gasteiger partial charge < -0.3 is 5.32 Å². The lowest BCUT2D eigenvalue weighted by atomic mass is 10.1. The second-order valence-electron chi connectivity index (χ2n) is 5.58. The van der Waals surface area contributed by atoms with Crippen LogP contribution in [0.15, 0.2) is 24.4 Å². The molecule has 9 heteroatoms. The van der Waals surface area contributed by atoms with E-state index in [9.17, 15) is 13.6 Å². The molecule has 1 aromatic carbocycles. The molecule has 132 valence electrons. The molecule has 0 atom stereocenters. The van der Waals surface area contributed by atoms with Gasteiger partial charge in [0.25, 0.3) is 5.91 Å². The van der Waals surface area contributed by atoms with Gasteiger partial charge in [-0.25, -0.2) is 19.2 Å². The number of halogens is 4. The molecule has 25 heavy (non-hydrogen) atoms. The molecule has 2 N–H and O–H groups in total. The molecule has 5 nitrogen and oxygen atoms in total. The van der Waals surface area contributed by atoms with Crippen molar-refractivity contribution in [3.8, 4) is 0 Å². The summed E-state index contributed by atoms with van der Waals surface area (Å²) in [6.45, 7) is 0.398. The standard InChI is InChI=1S/C16H13ClF2IN3O2/c17-9-5-12(20)15(21-6-9)22-14-10(3-4-11(18)13(14)19)16(24)23-25-7-8-1-2-8/h3-6,8H,1-2,7H2,(H,21,22)(H,23,24). The van der Waals surface area contributed by atoms with Gasteiger partial charge in [0.05, 0.1) is 26.5 Å². The number of hydrogen-bond donors (Lipinski definition) is 2. The van der Waals surface area contributed by atoms with Crippen molar-refractivity contribution in [2.45, 2.75) is 12.8 Å². The molecular weight excluding hydrogens is 467 g/mol. The molecule has 0 bridgehead atoms. The van der Waals surface area contributed by atoms with Crippen molar-refractivity contribution in [3.63, 3.8) is 0 Å². The highest BCUT2D eigenvalue weighted by Crippen LogP contribution is 2.30. The van der Waals surface area contributed by atoms with E-state index in [1.54, 1.807) is 6.07 Å². The van der Waals surface area contributed by atoms with Gasteiger partial charge in [-0.3, -0.25) is 9.63 Å². The summed E-state index contributed by atoms with van der Waals surface area (Å²) in [4.78, 5) is 21.4. The van der Waals surface area contributed by atoms with E-state index in [0.29, 0.717) is 21.1 Å². The Morgan fingerprint density at radius 1 is 1.40 bits per heavy atom. The maximum atomic E-state index is 14.3. The second kappa shape index (κ2) is 7.79. The quantitative estimate of drug-likeness (QED) is 0.475. The Labute approximate surface area is 161 Å². The van der Waals surface area contributed by atoms with E-state index in [-0.39, 0.29) is 17.1 Å². The molecule has 0 spiro atoms. The fourth-order valence-corrected chi connectivity index (χ4v) is 3.00. The number of nitrogens with one attached hydrogen (secondary N) is 2. The molecule has 0 saturated heterocycles. The molecule has 2 aromatic rings. The minimum atomic E-state index is -1.18. The van der Waals surface area contributed by atoms with E-state index in [2.05, 4.69) is 15.8 Å². The van der Waals surface area contributed by atoms with E-state index in [4.69, 9.17) is 16.4 Å². The number of pyridine rings is 1. The Bertz CT molecular complexity index is 818. The van der Waals surface area contributed by atoms with E-state index >= 15 is 0 Å². The summed E-state index contributed by atoms with van der Waals surface area (Å²) < 4.78 is 28.5. The number of carbonyl (C=O) groups is 1. The van der Waals surface area contributed by atoms with Gasteiger partial charge in [0.1, 0.15) is 5.82 Å². The zero-order valence-corrected chi connectivity index (χ0v) is 15.7. The summed E-state index contributed by atoms with van der Waals surface area (Å²) in [5.74, 6) is -2.24. The number of carbonyl (C=O) groups excluding carboxylic acids is 1. The fourth-order valence-electron chi connectivity index (χ4n) is 2.05. The van der Waals surface area contributed by atoms with Gasteiger partial charge in [-0.05, 0) is 59.5 Å². The van der Waals surface area contributed by atoms with Crippen molar-refractivity contribution in [2.24, 2.45) is 5.92 Å². The summed E-state index contributed by atoms with van der Waals surface area (Å²) in [6.07, 6.45) is 3.49. The number of hydrogen-bond acceptors (Lipinski definition) is 4. The molecule has 1 saturated carbocycles. The first kappa shape index (κ1) is 18.3. The molecule has 1 heterocycles. The van der Waals surface area contributed by atoms with Gasteiger partial charge in [-0.1, -0.05) is 11.6 Å². The van der Waals surface area contributed by atoms with Crippen LogP contribution in [0.3, 0.4) is 0 Å². The third-order valence-electron chi connectivity index (χ3n) is 3.57. The van der Waals surface area contributed by atoms with Crippen LogP contribution in [0, 0.1) is 21.1 Å². The zero-order chi connectivity index (χ0) is 18.0. The number of anilines is 2. The first-order chi connectivity index (χ1) is 12.0. The summed E-state index contributed by atoms with van der Waals surface area (Å²) in [7, 11) is 0. The lowest BCUT2D eigenvalue weighted by Crippen LogP contribution is -2.26. The predicted octanol–water partition coefficient (Wildman–Crippen LogP) is 4.43. The molecular formula is C16H13ClF2IN3O2. The van der Waals surface area contributed by atoms with E-state index in [1.165, 1.54) is 12.3 Å². The number of rotatable bonds is 6. The van der Waals surface area contributed by atoms with Crippen LogP contribution < -0.4 is 10.8 Å². The first-order valence-electron chi connectivity index (χ1n) is 7.44. The summed E-state index contributed by atoms with van der Waals surface area (Å²) in [5.41, 5.74) is 1.84. The minimum absolute atomic E-state index is 0.0951. The second-order valence-corrected chi connectivity index (χ2v) is 7.18. The van der Waals surface area contributed by atoms with Crippen molar-refractivity contribution >= 4 is 51.6 Å². The molecule has 0 aliphatic heterocycles. The van der Waals surface area contributed by atoms with Gasteiger partial charge in [-0.2, -0.15) is 0 Å². The highest BCUT2D eigenvalue weighted by atomic mass is 127. The summed E-state index contributed by atoms with van der Waals surface area (Å²) in [5, 5.41) is 3.06. The number of benzene rings is 1. The van der Waals surface area contributed by atoms with Crippen molar-refractivity contribution in [1.29, 1.82) is 0 Å². The van der Waals surface area contributed by atoms with Gasteiger partial charge in [0.15, 0.2) is 11.6 Å². The third-order valence-corrected chi connectivity index (χ3v) is 4.60. The van der Waals surface area contributed by atoms with Crippen molar-refractivity contribution in [1.82, 2.24) is 10.5 Å².